The zero-order valence-electron chi connectivity index (χ0n) is 14.3. The Bertz CT molecular complexity index is 449. The molecular weight excluding hydrogens is 248 g/mol. The fourth-order valence-electron chi connectivity index (χ4n) is 1.95. The minimum Gasteiger partial charge on any atom is -0.373 e. The first kappa shape index (κ1) is 16.7. The highest BCUT2D eigenvalue weighted by atomic mass is 15.1. The van der Waals surface area contributed by atoms with Gasteiger partial charge < -0.3 is 10.6 Å². The van der Waals surface area contributed by atoms with Crippen molar-refractivity contribution in [2.24, 2.45) is 5.92 Å². The molecule has 2 atom stereocenters. The average Bonchev–Trinajstić information content (AvgIpc) is 2.38. The molecule has 0 spiro atoms. The van der Waals surface area contributed by atoms with Crippen LogP contribution in [0.3, 0.4) is 0 Å². The van der Waals surface area contributed by atoms with Crippen molar-refractivity contribution in [2.45, 2.75) is 66.3 Å². The van der Waals surface area contributed by atoms with Crippen molar-refractivity contribution in [1.82, 2.24) is 9.97 Å². The SMILES string of the molecule is CCC(C)C(C)Nc1nc(C(C)(C)C)nc(NC)c1C. The van der Waals surface area contributed by atoms with Gasteiger partial charge in [-0.15, -0.1) is 0 Å². The second kappa shape index (κ2) is 6.42. The summed E-state index contributed by atoms with van der Waals surface area (Å²) in [6.07, 6.45) is 1.16. The van der Waals surface area contributed by atoms with Crippen LogP contribution in [-0.2, 0) is 5.41 Å². The zero-order chi connectivity index (χ0) is 15.5. The standard InChI is InChI=1S/C16H30N4/c1-9-10(2)12(4)18-14-11(3)13(17-8)19-15(20-14)16(5,6)7/h10,12H,9H2,1-8H3,(H2,17,18,19,20). The van der Waals surface area contributed by atoms with E-state index in [9.17, 15) is 0 Å². The Labute approximate surface area is 123 Å². The van der Waals surface area contributed by atoms with Gasteiger partial charge in [-0.3, -0.25) is 0 Å². The topological polar surface area (TPSA) is 49.8 Å². The molecule has 2 unspecified atom stereocenters. The summed E-state index contributed by atoms with van der Waals surface area (Å²) in [5.74, 6) is 3.33. The van der Waals surface area contributed by atoms with E-state index >= 15 is 0 Å². The molecule has 20 heavy (non-hydrogen) atoms. The van der Waals surface area contributed by atoms with Crippen molar-refractivity contribution >= 4 is 11.6 Å². The number of rotatable bonds is 5. The summed E-state index contributed by atoms with van der Waals surface area (Å²) >= 11 is 0. The Morgan fingerprint density at radius 3 is 2.10 bits per heavy atom. The van der Waals surface area contributed by atoms with Crippen molar-refractivity contribution in [1.29, 1.82) is 0 Å². The van der Waals surface area contributed by atoms with E-state index in [0.717, 1.165) is 29.4 Å². The van der Waals surface area contributed by atoms with Crippen LogP contribution < -0.4 is 10.6 Å². The Hall–Kier alpha value is -1.32. The van der Waals surface area contributed by atoms with Gasteiger partial charge in [-0.25, -0.2) is 9.97 Å². The van der Waals surface area contributed by atoms with E-state index in [-0.39, 0.29) is 5.41 Å². The van der Waals surface area contributed by atoms with Crippen LogP contribution in [0.4, 0.5) is 11.6 Å². The third-order valence-electron chi connectivity index (χ3n) is 3.92. The summed E-state index contributed by atoms with van der Waals surface area (Å²) in [6, 6.07) is 0.395. The molecule has 0 bridgehead atoms. The maximum atomic E-state index is 4.75. The maximum Gasteiger partial charge on any atom is 0.138 e. The summed E-state index contributed by atoms with van der Waals surface area (Å²) in [7, 11) is 1.91. The first-order chi connectivity index (χ1) is 9.20. The van der Waals surface area contributed by atoms with Crippen molar-refractivity contribution in [3.05, 3.63) is 11.4 Å². The van der Waals surface area contributed by atoms with E-state index in [4.69, 9.17) is 4.98 Å². The van der Waals surface area contributed by atoms with E-state index < -0.39 is 0 Å². The lowest BCUT2D eigenvalue weighted by atomic mass is 9.95. The zero-order valence-corrected chi connectivity index (χ0v) is 14.3. The van der Waals surface area contributed by atoms with Gasteiger partial charge in [0.05, 0.1) is 0 Å². The van der Waals surface area contributed by atoms with Gasteiger partial charge >= 0.3 is 0 Å². The molecule has 0 aliphatic carbocycles. The minimum absolute atomic E-state index is 0.0602. The van der Waals surface area contributed by atoms with E-state index in [1.165, 1.54) is 0 Å². The van der Waals surface area contributed by atoms with Crippen molar-refractivity contribution in [3.63, 3.8) is 0 Å². The first-order valence-corrected chi connectivity index (χ1v) is 7.54. The quantitative estimate of drug-likeness (QED) is 0.855. The van der Waals surface area contributed by atoms with Crippen LogP contribution >= 0.6 is 0 Å². The Morgan fingerprint density at radius 1 is 1.10 bits per heavy atom. The van der Waals surface area contributed by atoms with E-state index in [1.807, 2.05) is 7.05 Å². The van der Waals surface area contributed by atoms with Gasteiger partial charge in [0.2, 0.25) is 0 Å². The number of aromatic nitrogens is 2. The summed E-state index contributed by atoms with van der Waals surface area (Å²) in [5, 5.41) is 6.73. The molecule has 2 N–H and O–H groups in total. The lowest BCUT2D eigenvalue weighted by Gasteiger charge is -2.25. The molecule has 114 valence electrons. The third-order valence-corrected chi connectivity index (χ3v) is 3.92. The number of hydrogen-bond donors (Lipinski definition) is 2. The smallest absolute Gasteiger partial charge is 0.138 e. The molecule has 0 saturated heterocycles. The molecule has 0 aliphatic rings. The van der Waals surface area contributed by atoms with Crippen LogP contribution in [0.2, 0.25) is 0 Å². The molecule has 0 saturated carbocycles. The van der Waals surface area contributed by atoms with Crippen LogP contribution in [0.1, 0.15) is 59.4 Å². The molecule has 0 amide bonds. The Kier molecular flexibility index (Phi) is 5.37. The Morgan fingerprint density at radius 2 is 1.65 bits per heavy atom. The molecule has 1 heterocycles. The van der Waals surface area contributed by atoms with Gasteiger partial charge in [-0.2, -0.15) is 0 Å². The predicted octanol–water partition coefficient (Wildman–Crippen LogP) is 3.97. The van der Waals surface area contributed by atoms with E-state index in [2.05, 4.69) is 64.1 Å². The summed E-state index contributed by atoms with van der Waals surface area (Å²) < 4.78 is 0. The Balaban J connectivity index is 3.17. The van der Waals surface area contributed by atoms with Gasteiger partial charge in [-0.05, 0) is 19.8 Å². The third kappa shape index (κ3) is 3.84. The maximum absolute atomic E-state index is 4.75. The van der Waals surface area contributed by atoms with Crippen molar-refractivity contribution < 1.29 is 0 Å². The van der Waals surface area contributed by atoms with Gasteiger partial charge in [0.15, 0.2) is 0 Å². The van der Waals surface area contributed by atoms with Crippen LogP contribution in [-0.4, -0.2) is 23.1 Å². The summed E-state index contributed by atoms with van der Waals surface area (Å²) in [4.78, 5) is 9.38. The van der Waals surface area contributed by atoms with Gasteiger partial charge in [0.25, 0.3) is 0 Å². The summed E-state index contributed by atoms with van der Waals surface area (Å²) in [6.45, 7) is 15.2. The normalized spacial score (nSPS) is 14.8. The predicted molar refractivity (Wildman–Crippen MR) is 87.6 cm³/mol. The van der Waals surface area contributed by atoms with Crippen LogP contribution in [0.25, 0.3) is 0 Å². The molecule has 1 aromatic heterocycles. The highest BCUT2D eigenvalue weighted by Crippen LogP contribution is 2.27. The van der Waals surface area contributed by atoms with E-state index in [0.29, 0.717) is 12.0 Å². The second-order valence-corrected chi connectivity index (χ2v) is 6.69. The van der Waals surface area contributed by atoms with Crippen LogP contribution in [0.15, 0.2) is 0 Å². The molecular formula is C16H30N4. The number of hydrogen-bond acceptors (Lipinski definition) is 4. The second-order valence-electron chi connectivity index (χ2n) is 6.69. The number of anilines is 2. The lowest BCUT2D eigenvalue weighted by molar-refractivity contribution is 0.491. The highest BCUT2D eigenvalue weighted by molar-refractivity contribution is 5.57. The van der Waals surface area contributed by atoms with Crippen molar-refractivity contribution in [2.75, 3.05) is 17.7 Å². The average molecular weight is 278 g/mol. The fourth-order valence-corrected chi connectivity index (χ4v) is 1.95. The molecule has 0 fully saturated rings. The van der Waals surface area contributed by atoms with Crippen LogP contribution in [0, 0.1) is 12.8 Å². The molecule has 1 aromatic rings. The van der Waals surface area contributed by atoms with Gasteiger partial charge in [0, 0.05) is 24.1 Å². The number of nitrogens with one attached hydrogen (secondary N) is 2. The van der Waals surface area contributed by atoms with Crippen LogP contribution in [0.5, 0.6) is 0 Å². The summed E-state index contributed by atoms with van der Waals surface area (Å²) in [5.41, 5.74) is 1.02. The van der Waals surface area contributed by atoms with Crippen molar-refractivity contribution in [3.8, 4) is 0 Å². The molecule has 4 heteroatoms. The van der Waals surface area contributed by atoms with Gasteiger partial charge in [0.1, 0.15) is 17.5 Å². The minimum atomic E-state index is -0.0602. The largest absolute Gasteiger partial charge is 0.373 e. The fraction of sp³-hybridized carbons (Fsp3) is 0.750. The lowest BCUT2D eigenvalue weighted by Crippen LogP contribution is -2.26. The van der Waals surface area contributed by atoms with Gasteiger partial charge in [-0.1, -0.05) is 41.0 Å². The molecule has 1 rings (SSSR count). The monoisotopic (exact) mass is 278 g/mol. The van der Waals surface area contributed by atoms with E-state index in [1.54, 1.807) is 0 Å². The molecule has 0 aliphatic heterocycles. The molecule has 0 aromatic carbocycles. The molecule has 4 nitrogen and oxygen atoms in total. The molecule has 0 radical (unpaired) electrons. The first-order valence-electron chi connectivity index (χ1n) is 7.54. The number of nitrogens with zero attached hydrogens (tertiary/aromatic N) is 2. The highest BCUT2D eigenvalue weighted by Gasteiger charge is 2.22.